The molecule has 0 spiro atoms. The number of hydrogen-bond donors (Lipinski definition) is 0. The molecule has 1 saturated heterocycles. The molecule has 0 radical (unpaired) electrons. The van der Waals surface area contributed by atoms with Gasteiger partial charge in [0.15, 0.2) is 0 Å². The average Bonchev–Trinajstić information content (AvgIpc) is 2.30. The number of fused-ring (bicyclic) bond motifs is 1. The Balaban J connectivity index is 2.13. The van der Waals surface area contributed by atoms with Crippen LogP contribution in [0, 0.1) is 11.8 Å². The largest absolute Gasteiger partial charge is 0.369 e. The first-order valence-corrected chi connectivity index (χ1v) is 6.65. The van der Waals surface area contributed by atoms with Crippen LogP contribution in [0.3, 0.4) is 0 Å². The molecule has 2 aliphatic rings. The molecule has 0 amide bonds. The molecule has 1 saturated carbocycles. The van der Waals surface area contributed by atoms with Crippen molar-refractivity contribution in [2.24, 2.45) is 11.8 Å². The molecule has 0 aromatic heterocycles. The zero-order valence-corrected chi connectivity index (χ0v) is 11.1. The second kappa shape index (κ2) is 4.08. The summed E-state index contributed by atoms with van der Waals surface area (Å²) in [4.78, 5) is 3.54. The lowest BCUT2D eigenvalue weighted by Gasteiger charge is -2.39. The van der Waals surface area contributed by atoms with E-state index >= 15 is 0 Å². The summed E-state index contributed by atoms with van der Waals surface area (Å²) < 4.78 is 0. The van der Waals surface area contributed by atoms with E-state index in [1.54, 1.807) is 0 Å². The zero-order valence-electron chi connectivity index (χ0n) is 10.3. The number of hydrogen-bond acceptors (Lipinski definition) is 1. The predicted octanol–water partition coefficient (Wildman–Crippen LogP) is 2.27. The SMILES string of the molecule is BC1(C)CCCC2C(=S)N(C)CCC2C1. The molecule has 2 fully saturated rings. The highest BCUT2D eigenvalue weighted by Crippen LogP contribution is 2.46. The summed E-state index contributed by atoms with van der Waals surface area (Å²) in [7, 11) is 4.59. The first-order valence-electron chi connectivity index (χ1n) is 6.25. The third-order valence-corrected chi connectivity index (χ3v) is 4.90. The molecule has 0 aromatic rings. The third kappa shape index (κ3) is 2.38. The van der Waals surface area contributed by atoms with Gasteiger partial charge in [-0.05, 0) is 18.8 Å². The molecule has 1 heterocycles. The molecule has 3 atom stereocenters. The summed E-state index contributed by atoms with van der Waals surface area (Å²) in [6.45, 7) is 3.60. The fourth-order valence-corrected chi connectivity index (χ4v) is 3.77. The van der Waals surface area contributed by atoms with Crippen LogP contribution in [0.5, 0.6) is 0 Å². The van der Waals surface area contributed by atoms with E-state index in [9.17, 15) is 0 Å². The smallest absolute Gasteiger partial charge is 0.109 e. The normalized spacial score (nSPS) is 42.3. The zero-order chi connectivity index (χ0) is 11.1. The Bertz CT molecular complexity index is 264. The monoisotopic (exact) mass is 223 g/mol. The Morgan fingerprint density at radius 2 is 2.20 bits per heavy atom. The van der Waals surface area contributed by atoms with Crippen molar-refractivity contribution < 1.29 is 0 Å². The van der Waals surface area contributed by atoms with E-state index < -0.39 is 0 Å². The van der Waals surface area contributed by atoms with Crippen LogP contribution in [0.25, 0.3) is 0 Å². The molecule has 3 unspecified atom stereocenters. The Kier molecular flexibility index (Phi) is 3.11. The van der Waals surface area contributed by atoms with Crippen LogP contribution in [0.2, 0.25) is 5.31 Å². The summed E-state index contributed by atoms with van der Waals surface area (Å²) in [6.07, 6.45) is 6.81. The van der Waals surface area contributed by atoms with E-state index in [1.807, 2.05) is 0 Å². The second-order valence-corrected chi connectivity index (χ2v) is 6.59. The summed E-state index contributed by atoms with van der Waals surface area (Å²) in [5, 5.41) is 0.547. The Morgan fingerprint density at radius 1 is 1.47 bits per heavy atom. The number of nitrogens with zero attached hydrogens (tertiary/aromatic N) is 1. The van der Waals surface area contributed by atoms with Crippen LogP contribution >= 0.6 is 12.2 Å². The second-order valence-electron chi connectivity index (χ2n) is 6.18. The summed E-state index contributed by atoms with van der Waals surface area (Å²) in [6, 6.07) is 0. The van der Waals surface area contributed by atoms with Gasteiger partial charge in [-0.1, -0.05) is 43.7 Å². The Hall–Kier alpha value is -0.0451. The molecule has 0 aromatic carbocycles. The first-order chi connectivity index (χ1) is 6.99. The topological polar surface area (TPSA) is 3.24 Å². The van der Waals surface area contributed by atoms with Gasteiger partial charge in [0.05, 0.1) is 4.99 Å². The molecule has 0 bridgehead atoms. The van der Waals surface area contributed by atoms with Crippen LogP contribution in [0.1, 0.15) is 39.0 Å². The van der Waals surface area contributed by atoms with Gasteiger partial charge in [0, 0.05) is 19.5 Å². The van der Waals surface area contributed by atoms with Gasteiger partial charge in [0.25, 0.3) is 0 Å². The average molecular weight is 223 g/mol. The lowest BCUT2D eigenvalue weighted by Crippen LogP contribution is -2.42. The molecule has 1 aliphatic heterocycles. The highest BCUT2D eigenvalue weighted by Gasteiger charge is 2.37. The van der Waals surface area contributed by atoms with Crippen molar-refractivity contribution in [3.05, 3.63) is 0 Å². The van der Waals surface area contributed by atoms with Crippen molar-refractivity contribution in [3.63, 3.8) is 0 Å². The lowest BCUT2D eigenvalue weighted by atomic mass is 9.63. The van der Waals surface area contributed by atoms with Crippen LogP contribution in [-0.4, -0.2) is 31.3 Å². The summed E-state index contributed by atoms with van der Waals surface area (Å²) in [5.41, 5.74) is 0. The number of rotatable bonds is 0. The lowest BCUT2D eigenvalue weighted by molar-refractivity contribution is 0.261. The van der Waals surface area contributed by atoms with E-state index in [-0.39, 0.29) is 0 Å². The van der Waals surface area contributed by atoms with Crippen molar-refractivity contribution in [1.82, 2.24) is 4.90 Å². The molecule has 2 rings (SSSR count). The van der Waals surface area contributed by atoms with Crippen molar-refractivity contribution in [2.45, 2.75) is 44.3 Å². The Labute approximate surface area is 100 Å². The van der Waals surface area contributed by atoms with Gasteiger partial charge in [-0.25, -0.2) is 0 Å². The number of likely N-dealkylation sites (tertiary alicyclic amines) is 1. The van der Waals surface area contributed by atoms with E-state index in [4.69, 9.17) is 12.2 Å². The van der Waals surface area contributed by atoms with Gasteiger partial charge in [-0.15, -0.1) is 0 Å². The minimum absolute atomic E-state index is 0.547. The maximum Gasteiger partial charge on any atom is 0.109 e. The van der Waals surface area contributed by atoms with Crippen molar-refractivity contribution in [3.8, 4) is 0 Å². The minimum atomic E-state index is 0.547. The molecule has 84 valence electrons. The maximum atomic E-state index is 5.59. The molecular weight excluding hydrogens is 201 g/mol. The summed E-state index contributed by atoms with van der Waals surface area (Å²) >= 11 is 5.59. The van der Waals surface area contributed by atoms with E-state index in [1.165, 1.54) is 43.6 Å². The highest BCUT2D eigenvalue weighted by atomic mass is 32.1. The van der Waals surface area contributed by atoms with E-state index in [0.717, 1.165) is 5.92 Å². The van der Waals surface area contributed by atoms with Gasteiger partial charge < -0.3 is 4.90 Å². The van der Waals surface area contributed by atoms with Crippen LogP contribution in [-0.2, 0) is 0 Å². The molecule has 3 heteroatoms. The number of thiocarbonyl (C=S) groups is 1. The van der Waals surface area contributed by atoms with E-state index in [2.05, 4.69) is 26.7 Å². The molecule has 15 heavy (non-hydrogen) atoms. The van der Waals surface area contributed by atoms with Crippen LogP contribution in [0.4, 0.5) is 0 Å². The third-order valence-electron chi connectivity index (χ3n) is 4.28. The van der Waals surface area contributed by atoms with Gasteiger partial charge in [0.1, 0.15) is 7.85 Å². The maximum absolute atomic E-state index is 5.59. The predicted molar refractivity (Wildman–Crippen MR) is 72.2 cm³/mol. The molecule has 0 N–H and O–H groups in total. The molecule has 1 nitrogen and oxygen atoms in total. The summed E-state index contributed by atoms with van der Waals surface area (Å²) in [5.74, 6) is 1.58. The van der Waals surface area contributed by atoms with Crippen molar-refractivity contribution >= 4 is 25.1 Å². The first kappa shape index (κ1) is 11.4. The Morgan fingerprint density at radius 3 is 2.93 bits per heavy atom. The van der Waals surface area contributed by atoms with Crippen LogP contribution < -0.4 is 0 Å². The molecule has 1 aliphatic carbocycles. The van der Waals surface area contributed by atoms with Crippen molar-refractivity contribution in [2.75, 3.05) is 13.6 Å². The fourth-order valence-electron chi connectivity index (χ4n) is 3.37. The van der Waals surface area contributed by atoms with Crippen molar-refractivity contribution in [1.29, 1.82) is 0 Å². The van der Waals surface area contributed by atoms with E-state index in [0.29, 0.717) is 11.2 Å². The van der Waals surface area contributed by atoms with Gasteiger partial charge in [-0.2, -0.15) is 0 Å². The van der Waals surface area contributed by atoms with Gasteiger partial charge in [0.2, 0.25) is 0 Å². The van der Waals surface area contributed by atoms with Gasteiger partial charge >= 0.3 is 0 Å². The van der Waals surface area contributed by atoms with Crippen LogP contribution in [0.15, 0.2) is 0 Å². The number of piperidine rings is 1. The van der Waals surface area contributed by atoms with Gasteiger partial charge in [-0.3, -0.25) is 0 Å². The molecular formula is C12H22BNS. The standard InChI is InChI=1S/C12H22BNS/c1-12(13)6-3-4-10-9(8-12)5-7-14(2)11(10)15/h9-10H,3-8,13H2,1-2H3. The quantitative estimate of drug-likeness (QED) is 0.458. The fraction of sp³-hybridized carbons (Fsp3) is 0.917. The highest BCUT2D eigenvalue weighted by molar-refractivity contribution is 7.80. The minimum Gasteiger partial charge on any atom is -0.369 e.